The van der Waals surface area contributed by atoms with Crippen LogP contribution in [0.1, 0.15) is 18.0 Å². The molecule has 1 aromatic heterocycles. The van der Waals surface area contributed by atoms with Gasteiger partial charge in [-0.2, -0.15) is 4.98 Å². The summed E-state index contributed by atoms with van der Waals surface area (Å²) in [5.74, 6) is 1.31. The van der Waals surface area contributed by atoms with Gasteiger partial charge in [0.05, 0.1) is 26.3 Å². The van der Waals surface area contributed by atoms with Crippen LogP contribution in [-0.2, 0) is 15.3 Å². The molecule has 2 heterocycles. The molecular formula is C21H21N5O4S. The molecule has 0 saturated carbocycles. The number of nitrogens with one attached hydrogen (secondary N) is 2. The molecule has 2 aromatic carbocycles. The summed E-state index contributed by atoms with van der Waals surface area (Å²) in [6, 6.07) is 14.2. The molecule has 0 radical (unpaired) electrons. The lowest BCUT2D eigenvalue weighted by atomic mass is 10.1. The summed E-state index contributed by atoms with van der Waals surface area (Å²) in [7, 11) is 3.05. The Hall–Kier alpha value is -3.53. The van der Waals surface area contributed by atoms with Crippen LogP contribution in [0.25, 0.3) is 0 Å². The molecular weight excluding hydrogens is 418 g/mol. The van der Waals surface area contributed by atoms with Gasteiger partial charge in [-0.1, -0.05) is 42.1 Å². The number of rotatable bonds is 7. The first-order valence-corrected chi connectivity index (χ1v) is 10.5. The van der Waals surface area contributed by atoms with E-state index < -0.39 is 6.04 Å². The summed E-state index contributed by atoms with van der Waals surface area (Å²) in [6.07, 6.45) is -0.0382. The maximum Gasteiger partial charge on any atom is 0.250 e. The third kappa shape index (κ3) is 4.64. The van der Waals surface area contributed by atoms with Crippen LogP contribution in [0.3, 0.4) is 0 Å². The lowest BCUT2D eigenvalue weighted by Crippen LogP contribution is -2.36. The molecule has 0 spiro atoms. The summed E-state index contributed by atoms with van der Waals surface area (Å²) >= 11 is 1.44. The van der Waals surface area contributed by atoms with Crippen LogP contribution in [0.5, 0.6) is 11.5 Å². The zero-order chi connectivity index (χ0) is 21.8. The third-order valence-electron chi connectivity index (χ3n) is 4.72. The second-order valence-corrected chi connectivity index (χ2v) is 7.70. The largest absolute Gasteiger partial charge is 0.497 e. The predicted octanol–water partition coefficient (Wildman–Crippen LogP) is 3.11. The fourth-order valence-corrected chi connectivity index (χ4v) is 3.93. The van der Waals surface area contributed by atoms with E-state index in [1.807, 2.05) is 30.3 Å². The Morgan fingerprint density at radius 3 is 2.77 bits per heavy atom. The number of amides is 2. The van der Waals surface area contributed by atoms with E-state index in [1.54, 1.807) is 25.3 Å². The number of benzene rings is 2. The van der Waals surface area contributed by atoms with Gasteiger partial charge >= 0.3 is 0 Å². The van der Waals surface area contributed by atoms with Crippen LogP contribution in [0.4, 0.5) is 11.6 Å². The number of methoxy groups -OCH3 is 2. The van der Waals surface area contributed by atoms with E-state index in [1.165, 1.54) is 23.6 Å². The molecule has 0 unspecified atom stereocenters. The molecule has 9 nitrogen and oxygen atoms in total. The van der Waals surface area contributed by atoms with Gasteiger partial charge < -0.3 is 14.8 Å². The molecule has 0 saturated heterocycles. The Labute approximate surface area is 183 Å². The second kappa shape index (κ2) is 9.09. The topological polar surface area (TPSA) is 107 Å². The van der Waals surface area contributed by atoms with E-state index in [-0.39, 0.29) is 24.2 Å². The van der Waals surface area contributed by atoms with E-state index >= 15 is 0 Å². The maximum absolute atomic E-state index is 13.0. The smallest absolute Gasteiger partial charge is 0.250 e. The summed E-state index contributed by atoms with van der Waals surface area (Å²) in [5, 5.41) is 10.4. The van der Waals surface area contributed by atoms with Crippen molar-refractivity contribution in [1.82, 2.24) is 14.8 Å². The van der Waals surface area contributed by atoms with Crippen LogP contribution < -0.4 is 20.1 Å². The van der Waals surface area contributed by atoms with Gasteiger partial charge in [0.25, 0.3) is 0 Å². The zero-order valence-electron chi connectivity index (χ0n) is 17.0. The highest BCUT2D eigenvalue weighted by atomic mass is 32.2. The van der Waals surface area contributed by atoms with Crippen LogP contribution in [0, 0.1) is 0 Å². The van der Waals surface area contributed by atoms with Crippen molar-refractivity contribution >= 4 is 35.2 Å². The standard InChI is InChI=1S/C21H21N5O4S/c1-29-14-8-9-15(17(10-14)30-2)22-19(28)16-11-18(27)23-20-24-21(25-26(16)20)31-12-13-6-4-3-5-7-13/h3-10,16H,11-12H2,1-2H3,(H,22,28)(H,23,24,25,27)/t16-/m1/s1. The number of nitrogens with zero attached hydrogens (tertiary/aromatic N) is 3. The van der Waals surface area contributed by atoms with Crippen LogP contribution in [-0.4, -0.2) is 40.8 Å². The number of carbonyl (C=O) groups excluding carboxylic acids is 2. The number of aromatic nitrogens is 3. The average Bonchev–Trinajstić information content (AvgIpc) is 3.20. The summed E-state index contributed by atoms with van der Waals surface area (Å²) < 4.78 is 12.0. The van der Waals surface area contributed by atoms with Crippen LogP contribution >= 0.6 is 11.8 Å². The number of fused-ring (bicyclic) bond motifs is 1. The monoisotopic (exact) mass is 439 g/mol. The summed E-state index contributed by atoms with van der Waals surface area (Å²) in [5.41, 5.74) is 1.60. The Bertz CT molecular complexity index is 1100. The first-order valence-electron chi connectivity index (χ1n) is 9.53. The molecule has 4 rings (SSSR count). The highest BCUT2D eigenvalue weighted by Gasteiger charge is 2.33. The number of hydrogen-bond donors (Lipinski definition) is 2. The lowest BCUT2D eigenvalue weighted by Gasteiger charge is -2.23. The SMILES string of the molecule is COc1ccc(NC(=O)[C@H]2CC(=O)Nc3nc(SCc4ccccc4)nn32)c(OC)c1. The first-order chi connectivity index (χ1) is 15.1. The van der Waals surface area contributed by atoms with Crippen molar-refractivity contribution in [2.24, 2.45) is 0 Å². The van der Waals surface area contributed by atoms with Gasteiger partial charge in [-0.15, -0.1) is 5.10 Å². The molecule has 1 atom stereocenters. The molecule has 10 heteroatoms. The molecule has 2 N–H and O–H groups in total. The van der Waals surface area contributed by atoms with E-state index in [0.29, 0.717) is 28.1 Å². The Morgan fingerprint density at radius 2 is 2.03 bits per heavy atom. The van der Waals surface area contributed by atoms with E-state index in [9.17, 15) is 9.59 Å². The number of hydrogen-bond acceptors (Lipinski definition) is 7. The predicted molar refractivity (Wildman–Crippen MR) is 116 cm³/mol. The molecule has 0 fully saturated rings. The number of thioether (sulfide) groups is 1. The maximum atomic E-state index is 13.0. The Balaban J connectivity index is 1.52. The summed E-state index contributed by atoms with van der Waals surface area (Å²) in [6.45, 7) is 0. The fraction of sp³-hybridized carbons (Fsp3) is 0.238. The zero-order valence-corrected chi connectivity index (χ0v) is 17.8. The minimum atomic E-state index is -0.825. The van der Waals surface area contributed by atoms with Gasteiger partial charge in [-0.05, 0) is 17.7 Å². The van der Waals surface area contributed by atoms with Crippen molar-refractivity contribution < 1.29 is 19.1 Å². The Kier molecular flexibility index (Phi) is 6.08. The molecule has 31 heavy (non-hydrogen) atoms. The van der Waals surface area contributed by atoms with Crippen molar-refractivity contribution in [1.29, 1.82) is 0 Å². The number of ether oxygens (including phenoxy) is 2. The molecule has 0 bridgehead atoms. The van der Waals surface area contributed by atoms with E-state index in [0.717, 1.165) is 5.56 Å². The van der Waals surface area contributed by atoms with Crippen molar-refractivity contribution in [3.8, 4) is 11.5 Å². The fourth-order valence-electron chi connectivity index (χ4n) is 3.15. The minimum Gasteiger partial charge on any atom is -0.497 e. The van der Waals surface area contributed by atoms with Crippen LogP contribution in [0.15, 0.2) is 53.7 Å². The minimum absolute atomic E-state index is 0.0382. The molecule has 1 aliphatic rings. The third-order valence-corrected chi connectivity index (χ3v) is 5.63. The molecule has 0 aliphatic carbocycles. The van der Waals surface area contributed by atoms with Gasteiger partial charge in [0, 0.05) is 11.8 Å². The molecule has 3 aromatic rings. The normalized spacial score (nSPS) is 15.0. The summed E-state index contributed by atoms with van der Waals surface area (Å²) in [4.78, 5) is 29.6. The molecule has 1 aliphatic heterocycles. The van der Waals surface area contributed by atoms with Gasteiger partial charge in [0.1, 0.15) is 17.5 Å². The van der Waals surface area contributed by atoms with Crippen molar-refractivity contribution in [2.75, 3.05) is 24.9 Å². The van der Waals surface area contributed by atoms with Crippen molar-refractivity contribution in [3.05, 3.63) is 54.1 Å². The Morgan fingerprint density at radius 1 is 1.23 bits per heavy atom. The van der Waals surface area contributed by atoms with Crippen LogP contribution in [0.2, 0.25) is 0 Å². The second-order valence-electron chi connectivity index (χ2n) is 6.76. The van der Waals surface area contributed by atoms with Gasteiger partial charge in [-0.25, -0.2) is 4.68 Å². The van der Waals surface area contributed by atoms with Crippen molar-refractivity contribution in [2.45, 2.75) is 23.4 Å². The first kappa shape index (κ1) is 20.7. The van der Waals surface area contributed by atoms with Gasteiger partial charge in [-0.3, -0.25) is 14.9 Å². The highest BCUT2D eigenvalue weighted by molar-refractivity contribution is 7.98. The van der Waals surface area contributed by atoms with Gasteiger partial charge in [0.2, 0.25) is 22.9 Å². The molecule has 2 amide bonds. The number of anilines is 2. The lowest BCUT2D eigenvalue weighted by molar-refractivity contribution is -0.125. The van der Waals surface area contributed by atoms with Gasteiger partial charge in [0.15, 0.2) is 0 Å². The average molecular weight is 439 g/mol. The highest BCUT2D eigenvalue weighted by Crippen LogP contribution is 2.32. The quantitative estimate of drug-likeness (QED) is 0.545. The van der Waals surface area contributed by atoms with E-state index in [4.69, 9.17) is 9.47 Å². The number of carbonyl (C=O) groups is 2. The van der Waals surface area contributed by atoms with Crippen molar-refractivity contribution in [3.63, 3.8) is 0 Å². The molecule has 160 valence electrons. The van der Waals surface area contributed by atoms with E-state index in [2.05, 4.69) is 20.7 Å².